The number of piperidine rings is 1. The Morgan fingerprint density at radius 3 is 2.40 bits per heavy atom. The maximum absolute atomic E-state index is 14.8. The van der Waals surface area contributed by atoms with E-state index in [1.807, 2.05) is 0 Å². The average molecular weight is 907 g/mol. The van der Waals surface area contributed by atoms with Gasteiger partial charge >= 0.3 is 0 Å². The number of nitrogens with one attached hydrogen (secondary N) is 2. The number of anilines is 1. The zero-order chi connectivity index (χ0) is 45.8. The molecule has 0 bridgehead atoms. The molecular weight excluding hydrogens is 848 g/mol. The highest BCUT2D eigenvalue weighted by Gasteiger charge is 2.50. The van der Waals surface area contributed by atoms with Gasteiger partial charge in [-0.15, -0.1) is 0 Å². The summed E-state index contributed by atoms with van der Waals surface area (Å²) < 4.78 is 56.5. The van der Waals surface area contributed by atoms with Crippen molar-refractivity contribution in [2.45, 2.75) is 121 Å². The number of nitro groups is 1. The number of pyridine rings is 1. The number of rotatable bonds is 12. The van der Waals surface area contributed by atoms with Crippen molar-refractivity contribution in [3.63, 3.8) is 0 Å². The fourth-order valence-electron chi connectivity index (χ4n) is 11.2. The van der Waals surface area contributed by atoms with E-state index in [0.717, 1.165) is 69.9 Å². The van der Waals surface area contributed by atoms with Crippen LogP contribution >= 0.6 is 0 Å². The SMILES string of the molecule is COc1nc2[nH]cc(F)c2cc1Oc1cc(N2CCC3(CC2)CC(N2CCC[C@H]2c2ccccc2C(C)C)C3)ccc1C(=O)NS(=O)(=O)c1ccc(C2CCC(C)(C)CC2)c([N+](=O)[O-])c1. The molecule has 1 spiro atoms. The van der Waals surface area contributed by atoms with Gasteiger partial charge in [0, 0.05) is 60.8 Å². The normalized spacial score (nSPS) is 20.3. The van der Waals surface area contributed by atoms with E-state index in [-0.39, 0.29) is 56.4 Å². The molecule has 4 heterocycles. The van der Waals surface area contributed by atoms with Crippen molar-refractivity contribution < 1.29 is 32.0 Å². The number of aromatic amines is 1. The van der Waals surface area contributed by atoms with Crippen LogP contribution in [-0.2, 0) is 10.0 Å². The van der Waals surface area contributed by atoms with Crippen LogP contribution in [-0.4, -0.2) is 66.9 Å². The number of hydrogen-bond donors (Lipinski definition) is 2. The number of ether oxygens (including phenoxy) is 2. The summed E-state index contributed by atoms with van der Waals surface area (Å²) >= 11 is 0. The molecule has 4 fully saturated rings. The molecule has 2 saturated heterocycles. The minimum Gasteiger partial charge on any atom is -0.478 e. The van der Waals surface area contributed by atoms with Crippen LogP contribution in [0.4, 0.5) is 15.8 Å². The molecule has 1 amide bonds. The van der Waals surface area contributed by atoms with Gasteiger partial charge in [-0.25, -0.2) is 17.5 Å². The summed E-state index contributed by atoms with van der Waals surface area (Å²) in [7, 11) is -3.21. The second-order valence-corrected chi connectivity index (χ2v) is 21.6. The molecule has 2 N–H and O–H groups in total. The number of nitro benzene ring substituents is 1. The minimum absolute atomic E-state index is 0.00195. The van der Waals surface area contributed by atoms with E-state index >= 15 is 0 Å². The maximum Gasteiger partial charge on any atom is 0.274 e. The number of nitrogens with zero attached hydrogens (tertiary/aromatic N) is 4. The van der Waals surface area contributed by atoms with Gasteiger partial charge in [-0.1, -0.05) is 58.0 Å². The van der Waals surface area contributed by atoms with Gasteiger partial charge in [0.05, 0.1) is 27.9 Å². The molecule has 5 aromatic rings. The molecule has 2 aliphatic heterocycles. The average Bonchev–Trinajstić information content (AvgIpc) is 3.91. The van der Waals surface area contributed by atoms with E-state index in [1.165, 1.54) is 74.4 Å². The molecule has 13 nitrogen and oxygen atoms in total. The van der Waals surface area contributed by atoms with Gasteiger partial charge in [0.1, 0.15) is 17.2 Å². The summed E-state index contributed by atoms with van der Waals surface area (Å²) in [4.78, 5) is 37.6. The highest BCUT2D eigenvalue weighted by molar-refractivity contribution is 7.90. The van der Waals surface area contributed by atoms with Crippen molar-refractivity contribution in [3.05, 3.63) is 111 Å². The number of hydrogen-bond acceptors (Lipinski definition) is 10. The van der Waals surface area contributed by atoms with Gasteiger partial charge in [0.2, 0.25) is 0 Å². The first kappa shape index (κ1) is 44.7. The molecule has 0 radical (unpaired) electrons. The van der Waals surface area contributed by atoms with Crippen LogP contribution in [0, 0.1) is 26.8 Å². The Hall–Kier alpha value is -5.54. The van der Waals surface area contributed by atoms with E-state index in [0.29, 0.717) is 23.6 Å². The number of methoxy groups -OCH3 is 1. The zero-order valence-corrected chi connectivity index (χ0v) is 38.7. The van der Waals surface area contributed by atoms with E-state index in [9.17, 15) is 27.7 Å². The van der Waals surface area contributed by atoms with Crippen LogP contribution in [0.25, 0.3) is 11.0 Å². The summed E-state index contributed by atoms with van der Waals surface area (Å²) in [6.07, 6.45) is 11.2. The van der Waals surface area contributed by atoms with E-state index < -0.39 is 31.6 Å². The Morgan fingerprint density at radius 2 is 1.69 bits per heavy atom. The summed E-state index contributed by atoms with van der Waals surface area (Å²) in [6, 6.07) is 20.2. The third-order valence-corrected chi connectivity index (χ3v) is 16.3. The van der Waals surface area contributed by atoms with Crippen molar-refractivity contribution in [1.82, 2.24) is 19.6 Å². The van der Waals surface area contributed by atoms with E-state index in [4.69, 9.17) is 9.47 Å². The van der Waals surface area contributed by atoms with Crippen molar-refractivity contribution in [1.29, 1.82) is 0 Å². The largest absolute Gasteiger partial charge is 0.478 e. The predicted octanol–water partition coefficient (Wildman–Crippen LogP) is 10.9. The lowest BCUT2D eigenvalue weighted by Gasteiger charge is -2.56. The molecule has 2 aromatic heterocycles. The molecule has 1 atom stereocenters. The molecule has 2 aliphatic carbocycles. The molecular formula is C50H59FN6O7S. The van der Waals surface area contributed by atoms with Crippen molar-refractivity contribution in [2.24, 2.45) is 10.8 Å². The van der Waals surface area contributed by atoms with Crippen LogP contribution in [0.3, 0.4) is 0 Å². The van der Waals surface area contributed by atoms with E-state index in [2.05, 4.69) is 76.5 Å². The Kier molecular flexibility index (Phi) is 11.9. The lowest BCUT2D eigenvalue weighted by atomic mass is 9.59. The van der Waals surface area contributed by atoms with Crippen LogP contribution in [0.2, 0.25) is 0 Å². The number of carbonyl (C=O) groups excluding carboxylic acids is 1. The maximum atomic E-state index is 14.8. The molecule has 344 valence electrons. The highest BCUT2D eigenvalue weighted by atomic mass is 32.2. The minimum atomic E-state index is -4.60. The third kappa shape index (κ3) is 8.81. The monoisotopic (exact) mass is 906 g/mol. The zero-order valence-electron chi connectivity index (χ0n) is 37.9. The standard InChI is InChI=1S/C50H59FN6O7S/c1-31(2)36-9-6-7-10-38(36)42-11-8-22-56(42)34-28-50(29-34)20-23-55(24-21-50)33-12-14-39(44(25-33)64-45-27-40-41(51)30-52-46(40)53-48(45)63-5)47(58)54-65(61,62)35-13-15-37(43(26-35)57(59)60)32-16-18-49(3,4)19-17-32/h6-7,9-10,12-15,25-27,30-32,34,42H,8,11,16-24,28-29H2,1-5H3,(H,52,53)(H,54,58)/t42-/m0/s1. The second kappa shape index (κ2) is 17.4. The summed E-state index contributed by atoms with van der Waals surface area (Å²) in [6.45, 7) is 11.6. The lowest BCUT2D eigenvalue weighted by Crippen LogP contribution is -2.54. The Morgan fingerprint density at radius 1 is 0.954 bits per heavy atom. The van der Waals surface area contributed by atoms with E-state index in [1.54, 1.807) is 12.1 Å². The van der Waals surface area contributed by atoms with Crippen LogP contribution < -0.4 is 19.1 Å². The van der Waals surface area contributed by atoms with Gasteiger partial charge in [-0.3, -0.25) is 19.8 Å². The number of carbonyl (C=O) groups is 1. The number of sulfonamides is 1. The second-order valence-electron chi connectivity index (χ2n) is 19.9. The Labute approximate surface area is 380 Å². The topological polar surface area (TPSA) is 160 Å². The number of halogens is 1. The molecule has 3 aromatic carbocycles. The number of fused-ring (bicyclic) bond motifs is 1. The van der Waals surface area contributed by atoms with Crippen molar-refractivity contribution in [2.75, 3.05) is 31.6 Å². The smallest absolute Gasteiger partial charge is 0.274 e. The van der Waals surface area contributed by atoms with Gasteiger partial charge in [-0.2, -0.15) is 4.98 Å². The first-order valence-corrected chi connectivity index (χ1v) is 24.5. The quantitative estimate of drug-likeness (QED) is 0.0911. The molecule has 65 heavy (non-hydrogen) atoms. The van der Waals surface area contributed by atoms with Crippen molar-refractivity contribution >= 4 is 38.3 Å². The number of H-pyrrole nitrogens is 1. The summed E-state index contributed by atoms with van der Waals surface area (Å²) in [5.41, 5.74) is 4.40. The summed E-state index contributed by atoms with van der Waals surface area (Å²) in [5.74, 6) is -1.14. The Bertz CT molecular complexity index is 2730. The molecule has 15 heteroatoms. The van der Waals surface area contributed by atoms with Crippen molar-refractivity contribution in [3.8, 4) is 17.4 Å². The summed E-state index contributed by atoms with van der Waals surface area (Å²) in [5, 5.41) is 12.4. The van der Waals surface area contributed by atoms with Gasteiger partial charge in [-0.05, 0) is 123 Å². The molecule has 9 rings (SSSR count). The molecule has 2 saturated carbocycles. The molecule has 4 aliphatic rings. The van der Waals surface area contributed by atoms with Crippen LogP contribution in [0.15, 0.2) is 77.8 Å². The van der Waals surface area contributed by atoms with Gasteiger partial charge in [0.25, 0.3) is 27.5 Å². The molecule has 0 unspecified atom stereocenters. The fraction of sp³-hybridized carbons (Fsp3) is 0.480. The van der Waals surface area contributed by atoms with Gasteiger partial charge in [0.15, 0.2) is 5.75 Å². The number of amides is 1. The van der Waals surface area contributed by atoms with Crippen LogP contribution in [0.5, 0.6) is 17.4 Å². The third-order valence-electron chi connectivity index (χ3n) is 15.0. The first-order valence-electron chi connectivity index (χ1n) is 23.0. The first-order chi connectivity index (χ1) is 31.0. The number of benzene rings is 3. The lowest BCUT2D eigenvalue weighted by molar-refractivity contribution is -0.386. The number of likely N-dealkylation sites (tertiary alicyclic amines) is 1. The number of aromatic nitrogens is 2. The Balaban J connectivity index is 0.948. The fourth-order valence-corrected chi connectivity index (χ4v) is 12.1. The van der Waals surface area contributed by atoms with Gasteiger partial charge < -0.3 is 19.4 Å². The highest BCUT2D eigenvalue weighted by Crippen LogP contribution is 2.54. The predicted molar refractivity (Wildman–Crippen MR) is 248 cm³/mol. The van der Waals surface area contributed by atoms with Crippen LogP contribution in [0.1, 0.15) is 137 Å².